The van der Waals surface area contributed by atoms with Crippen molar-refractivity contribution < 1.29 is 9.59 Å². The van der Waals surface area contributed by atoms with Crippen LogP contribution >= 0.6 is 11.8 Å². The van der Waals surface area contributed by atoms with Gasteiger partial charge in [0, 0.05) is 44.0 Å². The van der Waals surface area contributed by atoms with Gasteiger partial charge < -0.3 is 19.7 Å². The molecule has 1 saturated heterocycles. The molecule has 1 aromatic heterocycles. The predicted molar refractivity (Wildman–Crippen MR) is 152 cm³/mol. The topological polar surface area (TPSA) is 83.4 Å². The fourth-order valence-electron chi connectivity index (χ4n) is 4.55. The molecule has 200 valence electrons. The Morgan fingerprint density at radius 3 is 2.45 bits per heavy atom. The number of hydrogen-bond acceptors (Lipinski definition) is 6. The Bertz CT molecular complexity index is 1250. The molecule has 0 aliphatic carbocycles. The maximum atomic E-state index is 13.0. The van der Waals surface area contributed by atoms with E-state index in [2.05, 4.69) is 39.1 Å². The van der Waals surface area contributed by atoms with Crippen LogP contribution in [0.3, 0.4) is 0 Å². The summed E-state index contributed by atoms with van der Waals surface area (Å²) in [6.45, 7) is 13.4. The van der Waals surface area contributed by atoms with E-state index in [1.165, 1.54) is 17.4 Å². The van der Waals surface area contributed by atoms with Gasteiger partial charge in [0.25, 0.3) is 5.91 Å². The molecule has 2 aromatic carbocycles. The Balaban J connectivity index is 1.41. The summed E-state index contributed by atoms with van der Waals surface area (Å²) in [5.74, 6) is 0.956. The zero-order valence-corrected chi connectivity index (χ0v) is 23.2. The van der Waals surface area contributed by atoms with Gasteiger partial charge in [0.1, 0.15) is 0 Å². The molecule has 8 nitrogen and oxygen atoms in total. The van der Waals surface area contributed by atoms with Gasteiger partial charge in [-0.25, -0.2) is 0 Å². The van der Waals surface area contributed by atoms with Crippen LogP contribution in [0.15, 0.2) is 72.4 Å². The van der Waals surface area contributed by atoms with E-state index in [0.717, 1.165) is 18.7 Å². The summed E-state index contributed by atoms with van der Waals surface area (Å²) >= 11 is 1.38. The third-order valence-corrected chi connectivity index (χ3v) is 7.60. The smallest absolute Gasteiger partial charge is 0.251 e. The van der Waals surface area contributed by atoms with Crippen molar-refractivity contribution >= 4 is 29.3 Å². The van der Waals surface area contributed by atoms with E-state index in [1.807, 2.05) is 66.6 Å². The molecule has 9 heteroatoms. The maximum Gasteiger partial charge on any atom is 0.251 e. The first kappa shape index (κ1) is 27.4. The number of anilines is 1. The normalized spacial score (nSPS) is 14.4. The minimum Gasteiger partial charge on any atom is -0.368 e. The molecule has 2 amide bonds. The first-order chi connectivity index (χ1) is 18.4. The van der Waals surface area contributed by atoms with E-state index < -0.39 is 0 Å². The Kier molecular flexibility index (Phi) is 9.23. The lowest BCUT2D eigenvalue weighted by atomic mass is 10.0. The van der Waals surface area contributed by atoms with Crippen molar-refractivity contribution in [2.45, 2.75) is 38.5 Å². The summed E-state index contributed by atoms with van der Waals surface area (Å²) in [6, 6.07) is 17.5. The highest BCUT2D eigenvalue weighted by Gasteiger charge is 2.27. The number of allylic oxidation sites excluding steroid dienone is 1. The first-order valence-corrected chi connectivity index (χ1v) is 14.0. The van der Waals surface area contributed by atoms with Crippen molar-refractivity contribution in [3.8, 4) is 0 Å². The molecule has 0 bridgehead atoms. The lowest BCUT2D eigenvalue weighted by Gasteiger charge is -2.36. The van der Waals surface area contributed by atoms with Crippen molar-refractivity contribution in [2.24, 2.45) is 5.92 Å². The molecule has 0 spiro atoms. The Morgan fingerprint density at radius 1 is 1.05 bits per heavy atom. The second-order valence-electron chi connectivity index (χ2n) is 9.80. The van der Waals surface area contributed by atoms with Crippen LogP contribution in [0.1, 0.15) is 41.6 Å². The SMILES string of the molecule is C=CCn1c(SCC(=O)N2CCN(c3ccccc3)CC2)nnc1[C@@H](NC(=O)c1cccc(C)c1)C(C)C. The van der Waals surface area contributed by atoms with Crippen molar-refractivity contribution in [3.05, 3.63) is 84.2 Å². The van der Waals surface area contributed by atoms with E-state index in [9.17, 15) is 9.59 Å². The number of carbonyl (C=O) groups is 2. The maximum absolute atomic E-state index is 13.0. The number of aryl methyl sites for hydroxylation is 1. The van der Waals surface area contributed by atoms with E-state index in [1.54, 1.807) is 12.1 Å². The van der Waals surface area contributed by atoms with Gasteiger partial charge in [-0.2, -0.15) is 0 Å². The van der Waals surface area contributed by atoms with E-state index in [0.29, 0.717) is 36.2 Å². The average Bonchev–Trinajstić information content (AvgIpc) is 3.32. The minimum absolute atomic E-state index is 0.0805. The van der Waals surface area contributed by atoms with Crippen molar-refractivity contribution in [3.63, 3.8) is 0 Å². The standard InChI is InChI=1S/C29H36N6O2S/c1-5-14-35-27(26(21(2)3)30-28(37)23-11-9-10-22(4)19-23)31-32-29(35)38-20-25(36)34-17-15-33(16-18-34)24-12-7-6-8-13-24/h5-13,19,21,26H,1,14-18,20H2,2-4H3,(H,30,37)/t26-/m0/s1. The molecule has 4 rings (SSSR count). The summed E-state index contributed by atoms with van der Waals surface area (Å²) in [5.41, 5.74) is 2.82. The van der Waals surface area contributed by atoms with Gasteiger partial charge in [-0.05, 0) is 37.1 Å². The quantitative estimate of drug-likeness (QED) is 0.309. The van der Waals surface area contributed by atoms with Crippen molar-refractivity contribution in [1.29, 1.82) is 0 Å². The first-order valence-electron chi connectivity index (χ1n) is 13.0. The molecule has 1 atom stereocenters. The molecule has 0 saturated carbocycles. The number of hydrogen-bond donors (Lipinski definition) is 1. The number of carbonyl (C=O) groups excluding carboxylic acids is 2. The summed E-state index contributed by atoms with van der Waals surface area (Å²) in [5, 5.41) is 12.6. The monoisotopic (exact) mass is 532 g/mol. The van der Waals surface area contributed by atoms with Crippen LogP contribution in [0.4, 0.5) is 5.69 Å². The molecule has 1 fully saturated rings. The van der Waals surface area contributed by atoms with Gasteiger partial charge >= 0.3 is 0 Å². The summed E-state index contributed by atoms with van der Waals surface area (Å²) < 4.78 is 1.94. The number of para-hydroxylation sites is 1. The van der Waals surface area contributed by atoms with Gasteiger partial charge in [0.2, 0.25) is 5.91 Å². The van der Waals surface area contributed by atoms with E-state index in [4.69, 9.17) is 0 Å². The van der Waals surface area contributed by atoms with Gasteiger partial charge in [0.15, 0.2) is 11.0 Å². The summed E-state index contributed by atoms with van der Waals surface area (Å²) in [6.07, 6.45) is 1.78. The zero-order valence-electron chi connectivity index (χ0n) is 22.3. The summed E-state index contributed by atoms with van der Waals surface area (Å²) in [4.78, 5) is 30.3. The Hall–Kier alpha value is -3.59. The molecule has 1 aliphatic heterocycles. The molecular weight excluding hydrogens is 496 g/mol. The van der Waals surface area contributed by atoms with Crippen molar-refractivity contribution in [2.75, 3.05) is 36.8 Å². The molecule has 3 aromatic rings. The lowest BCUT2D eigenvalue weighted by molar-refractivity contribution is -0.128. The number of rotatable bonds is 10. The largest absolute Gasteiger partial charge is 0.368 e. The average molecular weight is 533 g/mol. The molecule has 1 N–H and O–H groups in total. The molecule has 0 unspecified atom stereocenters. The fraction of sp³-hybridized carbons (Fsp3) is 0.379. The lowest BCUT2D eigenvalue weighted by Crippen LogP contribution is -2.49. The minimum atomic E-state index is -0.341. The van der Waals surface area contributed by atoms with Gasteiger partial charge in [0.05, 0.1) is 11.8 Å². The Labute approximate surface area is 229 Å². The van der Waals surface area contributed by atoms with E-state index >= 15 is 0 Å². The van der Waals surface area contributed by atoms with Gasteiger partial charge in [-0.1, -0.05) is 67.6 Å². The number of piperazine rings is 1. The van der Waals surface area contributed by atoms with Crippen LogP contribution in [0.25, 0.3) is 0 Å². The van der Waals surface area contributed by atoms with Crippen LogP contribution in [0.2, 0.25) is 0 Å². The van der Waals surface area contributed by atoms with Gasteiger partial charge in [-0.3, -0.25) is 9.59 Å². The zero-order chi connectivity index (χ0) is 27.1. The molecule has 1 aliphatic rings. The van der Waals surface area contributed by atoms with Crippen LogP contribution < -0.4 is 10.2 Å². The number of nitrogens with one attached hydrogen (secondary N) is 1. The van der Waals surface area contributed by atoms with Crippen LogP contribution in [0, 0.1) is 12.8 Å². The highest BCUT2D eigenvalue weighted by atomic mass is 32.2. The second kappa shape index (κ2) is 12.8. The highest BCUT2D eigenvalue weighted by molar-refractivity contribution is 7.99. The van der Waals surface area contributed by atoms with Crippen molar-refractivity contribution in [1.82, 2.24) is 25.0 Å². The highest BCUT2D eigenvalue weighted by Crippen LogP contribution is 2.26. The molecule has 38 heavy (non-hydrogen) atoms. The van der Waals surface area contributed by atoms with Crippen LogP contribution in [-0.4, -0.2) is 63.4 Å². The number of thioether (sulfide) groups is 1. The van der Waals surface area contributed by atoms with Crippen LogP contribution in [-0.2, 0) is 11.3 Å². The number of nitrogens with zero attached hydrogens (tertiary/aromatic N) is 5. The van der Waals surface area contributed by atoms with Gasteiger partial charge in [-0.15, -0.1) is 16.8 Å². The Morgan fingerprint density at radius 2 is 1.79 bits per heavy atom. The molecular formula is C29H36N6O2S. The molecule has 2 heterocycles. The third-order valence-electron chi connectivity index (χ3n) is 6.65. The number of benzene rings is 2. The summed E-state index contributed by atoms with van der Waals surface area (Å²) in [7, 11) is 0. The van der Waals surface area contributed by atoms with E-state index in [-0.39, 0.29) is 29.5 Å². The van der Waals surface area contributed by atoms with Crippen LogP contribution in [0.5, 0.6) is 0 Å². The number of aromatic nitrogens is 3. The predicted octanol–water partition coefficient (Wildman–Crippen LogP) is 4.34. The third kappa shape index (κ3) is 6.64. The number of amides is 2. The fourth-order valence-corrected chi connectivity index (χ4v) is 5.41. The molecule has 0 radical (unpaired) electrons. The second-order valence-corrected chi connectivity index (χ2v) is 10.7.